The van der Waals surface area contributed by atoms with E-state index in [9.17, 15) is 9.59 Å². The number of para-hydroxylation sites is 1. The number of ether oxygens (including phenoxy) is 2. The quantitative estimate of drug-likeness (QED) is 0.764. The van der Waals surface area contributed by atoms with Gasteiger partial charge in [0.05, 0.1) is 23.2 Å². The third kappa shape index (κ3) is 4.39. The van der Waals surface area contributed by atoms with Crippen molar-refractivity contribution in [2.75, 3.05) is 32.2 Å². The molecule has 7 heteroatoms. The van der Waals surface area contributed by atoms with Crippen LogP contribution >= 0.6 is 11.6 Å². The Morgan fingerprint density at radius 2 is 2.17 bits per heavy atom. The second-order valence-corrected chi connectivity index (χ2v) is 6.40. The number of carbonyl (C=O) groups is 2. The fraction of sp³-hybridized carbons (Fsp3) is 0.529. The molecule has 1 heterocycles. The number of nitrogens with zero attached hydrogens (tertiary/aromatic N) is 1. The molecule has 1 fully saturated rings. The van der Waals surface area contributed by atoms with Crippen molar-refractivity contribution >= 4 is 29.1 Å². The number of hydrogen-bond donors (Lipinski definition) is 1. The lowest BCUT2D eigenvalue weighted by Crippen LogP contribution is -2.33. The Hall–Kier alpha value is -1.79. The predicted octanol–water partition coefficient (Wildman–Crippen LogP) is 2.56. The van der Waals surface area contributed by atoms with Crippen LogP contribution in [0, 0.1) is 5.92 Å². The van der Waals surface area contributed by atoms with Gasteiger partial charge in [0, 0.05) is 26.1 Å². The van der Waals surface area contributed by atoms with Crippen molar-refractivity contribution in [3.8, 4) is 5.75 Å². The zero-order chi connectivity index (χ0) is 17.7. The molecule has 1 unspecified atom stereocenters. The van der Waals surface area contributed by atoms with Crippen LogP contribution in [-0.2, 0) is 14.3 Å². The maximum atomic E-state index is 12.5. The van der Waals surface area contributed by atoms with Crippen LogP contribution < -0.4 is 10.1 Å². The fourth-order valence-electron chi connectivity index (χ4n) is 2.62. The monoisotopic (exact) mass is 354 g/mol. The molecule has 1 saturated heterocycles. The van der Waals surface area contributed by atoms with Crippen LogP contribution in [0.5, 0.6) is 5.75 Å². The van der Waals surface area contributed by atoms with Gasteiger partial charge in [0.2, 0.25) is 11.8 Å². The third-order valence-electron chi connectivity index (χ3n) is 3.91. The number of nitrogens with one attached hydrogen (secondary N) is 1. The van der Waals surface area contributed by atoms with E-state index in [1.807, 2.05) is 13.8 Å². The van der Waals surface area contributed by atoms with Crippen molar-refractivity contribution in [1.82, 2.24) is 4.90 Å². The molecule has 132 valence electrons. The Morgan fingerprint density at radius 3 is 2.79 bits per heavy atom. The number of likely N-dealkylation sites (tertiary alicyclic amines) is 1. The van der Waals surface area contributed by atoms with Gasteiger partial charge < -0.3 is 19.7 Å². The Balaban J connectivity index is 2.06. The van der Waals surface area contributed by atoms with Gasteiger partial charge in [0.1, 0.15) is 6.61 Å². The fourth-order valence-corrected chi connectivity index (χ4v) is 2.85. The van der Waals surface area contributed by atoms with E-state index in [0.717, 1.165) is 0 Å². The molecule has 1 atom stereocenters. The average Bonchev–Trinajstić information content (AvgIpc) is 2.92. The Morgan fingerprint density at radius 1 is 1.42 bits per heavy atom. The van der Waals surface area contributed by atoms with Crippen molar-refractivity contribution in [2.45, 2.75) is 26.3 Å². The highest BCUT2D eigenvalue weighted by Gasteiger charge is 2.35. The van der Waals surface area contributed by atoms with Gasteiger partial charge in [0.25, 0.3) is 0 Å². The van der Waals surface area contributed by atoms with Gasteiger partial charge in [-0.05, 0) is 26.0 Å². The van der Waals surface area contributed by atoms with Crippen LogP contribution in [0.4, 0.5) is 5.69 Å². The molecule has 0 aliphatic carbocycles. The van der Waals surface area contributed by atoms with Crippen LogP contribution in [0.2, 0.25) is 5.02 Å². The minimum absolute atomic E-state index is 0.00723. The standard InChI is InChI=1S/C17H23ClN2O4/c1-11(2)20-10-12(9-15(20)21)17(22)19-14-6-4-5-13(18)16(14)24-8-7-23-3/h4-6,11-12H,7-10H2,1-3H3,(H,19,22). The molecular weight excluding hydrogens is 332 g/mol. The van der Waals surface area contributed by atoms with E-state index in [1.165, 1.54) is 0 Å². The van der Waals surface area contributed by atoms with Crippen molar-refractivity contribution in [3.63, 3.8) is 0 Å². The molecule has 2 amide bonds. The molecule has 24 heavy (non-hydrogen) atoms. The summed E-state index contributed by atoms with van der Waals surface area (Å²) < 4.78 is 10.6. The number of amides is 2. The van der Waals surface area contributed by atoms with Crippen LogP contribution in [-0.4, -0.2) is 49.6 Å². The second kappa shape index (κ2) is 8.35. The minimum atomic E-state index is -0.370. The van der Waals surface area contributed by atoms with Crippen molar-refractivity contribution in [2.24, 2.45) is 5.92 Å². The minimum Gasteiger partial charge on any atom is -0.487 e. The van der Waals surface area contributed by atoms with Gasteiger partial charge in [-0.1, -0.05) is 17.7 Å². The smallest absolute Gasteiger partial charge is 0.229 e. The van der Waals surface area contributed by atoms with Gasteiger partial charge in [-0.3, -0.25) is 9.59 Å². The highest BCUT2D eigenvalue weighted by molar-refractivity contribution is 6.32. The van der Waals surface area contributed by atoms with E-state index in [0.29, 0.717) is 36.2 Å². The summed E-state index contributed by atoms with van der Waals surface area (Å²) in [5, 5.41) is 3.24. The van der Waals surface area contributed by atoms with Crippen LogP contribution in [0.1, 0.15) is 20.3 Å². The summed E-state index contributed by atoms with van der Waals surface area (Å²) in [6.45, 7) is 5.06. The van der Waals surface area contributed by atoms with Crippen LogP contribution in [0.15, 0.2) is 18.2 Å². The topological polar surface area (TPSA) is 67.9 Å². The molecule has 1 aliphatic heterocycles. The average molecular weight is 355 g/mol. The Labute approximate surface area is 147 Å². The highest BCUT2D eigenvalue weighted by atomic mass is 35.5. The first-order valence-corrected chi connectivity index (χ1v) is 8.32. The second-order valence-electron chi connectivity index (χ2n) is 5.99. The SMILES string of the molecule is COCCOc1c(Cl)cccc1NC(=O)C1CC(=O)N(C(C)C)C1. The van der Waals surface area contributed by atoms with E-state index in [1.54, 1.807) is 30.2 Å². The normalized spacial score (nSPS) is 17.5. The summed E-state index contributed by atoms with van der Waals surface area (Å²) in [6, 6.07) is 5.25. The van der Waals surface area contributed by atoms with E-state index in [2.05, 4.69) is 5.32 Å². The molecule has 6 nitrogen and oxygen atoms in total. The molecule has 0 radical (unpaired) electrons. The first-order chi connectivity index (χ1) is 11.4. The van der Waals surface area contributed by atoms with Crippen LogP contribution in [0.25, 0.3) is 0 Å². The molecular formula is C17H23ClN2O4. The van der Waals surface area contributed by atoms with E-state index < -0.39 is 0 Å². The maximum Gasteiger partial charge on any atom is 0.229 e. The van der Waals surface area contributed by atoms with Gasteiger partial charge in [-0.2, -0.15) is 0 Å². The van der Waals surface area contributed by atoms with E-state index in [-0.39, 0.29) is 30.2 Å². The van der Waals surface area contributed by atoms with Crippen molar-refractivity contribution < 1.29 is 19.1 Å². The van der Waals surface area contributed by atoms with Gasteiger partial charge >= 0.3 is 0 Å². The molecule has 1 aliphatic rings. The molecule has 1 aromatic rings. The summed E-state index contributed by atoms with van der Waals surface area (Å²) in [5.74, 6) is -0.154. The Bertz CT molecular complexity index is 606. The lowest BCUT2D eigenvalue weighted by Gasteiger charge is -2.21. The number of carbonyl (C=O) groups excluding carboxylic acids is 2. The van der Waals surface area contributed by atoms with Gasteiger partial charge in [-0.15, -0.1) is 0 Å². The molecule has 0 bridgehead atoms. The zero-order valence-corrected chi connectivity index (χ0v) is 14.9. The van der Waals surface area contributed by atoms with Crippen LogP contribution in [0.3, 0.4) is 0 Å². The summed E-state index contributed by atoms with van der Waals surface area (Å²) in [7, 11) is 1.58. The third-order valence-corrected chi connectivity index (χ3v) is 4.21. The molecule has 0 saturated carbocycles. The van der Waals surface area contributed by atoms with Gasteiger partial charge in [-0.25, -0.2) is 0 Å². The first kappa shape index (κ1) is 18.5. The zero-order valence-electron chi connectivity index (χ0n) is 14.2. The number of anilines is 1. The van der Waals surface area contributed by atoms with Gasteiger partial charge in [0.15, 0.2) is 5.75 Å². The summed E-state index contributed by atoms with van der Waals surface area (Å²) in [6.07, 6.45) is 0.227. The molecule has 1 N–H and O–H groups in total. The molecule has 2 rings (SSSR count). The predicted molar refractivity (Wildman–Crippen MR) is 92.4 cm³/mol. The van der Waals surface area contributed by atoms with E-state index >= 15 is 0 Å². The number of halogens is 1. The van der Waals surface area contributed by atoms with Crippen molar-refractivity contribution in [1.29, 1.82) is 0 Å². The lowest BCUT2D eigenvalue weighted by atomic mass is 10.1. The molecule has 1 aromatic carbocycles. The first-order valence-electron chi connectivity index (χ1n) is 7.94. The molecule has 0 aromatic heterocycles. The highest BCUT2D eigenvalue weighted by Crippen LogP contribution is 2.33. The maximum absolute atomic E-state index is 12.5. The number of hydrogen-bond acceptors (Lipinski definition) is 4. The van der Waals surface area contributed by atoms with E-state index in [4.69, 9.17) is 21.1 Å². The Kier molecular flexibility index (Phi) is 6.45. The number of rotatable bonds is 7. The number of benzene rings is 1. The lowest BCUT2D eigenvalue weighted by molar-refractivity contribution is -0.129. The largest absolute Gasteiger partial charge is 0.487 e. The summed E-state index contributed by atoms with van der Waals surface area (Å²) >= 11 is 6.16. The molecule has 0 spiro atoms. The van der Waals surface area contributed by atoms with Crippen molar-refractivity contribution in [3.05, 3.63) is 23.2 Å². The number of methoxy groups -OCH3 is 1. The summed E-state index contributed by atoms with van der Waals surface area (Å²) in [5.41, 5.74) is 0.499. The summed E-state index contributed by atoms with van der Waals surface area (Å²) in [4.78, 5) is 26.2.